The smallest absolute Gasteiger partial charge is 0.129 e. The molecule has 15 heavy (non-hydrogen) atoms. The Morgan fingerprint density at radius 3 is 2.53 bits per heavy atom. The molecule has 0 spiro atoms. The fourth-order valence-corrected chi connectivity index (χ4v) is 3.11. The summed E-state index contributed by atoms with van der Waals surface area (Å²) in [6.07, 6.45) is 3.75. The molecular weight excluding hydrogens is 280 g/mol. The summed E-state index contributed by atoms with van der Waals surface area (Å²) in [6.45, 7) is 0. The van der Waals surface area contributed by atoms with Gasteiger partial charge in [0, 0.05) is 15.6 Å². The Morgan fingerprint density at radius 1 is 1.33 bits per heavy atom. The highest BCUT2D eigenvalue weighted by molar-refractivity contribution is 9.10. The summed E-state index contributed by atoms with van der Waals surface area (Å²) in [4.78, 5) is 0. The molecule has 82 valence electrons. The summed E-state index contributed by atoms with van der Waals surface area (Å²) in [5, 5.41) is 0.517. The van der Waals surface area contributed by atoms with Crippen molar-refractivity contribution in [1.29, 1.82) is 0 Å². The van der Waals surface area contributed by atoms with Crippen molar-refractivity contribution in [1.82, 2.24) is 0 Å². The van der Waals surface area contributed by atoms with E-state index in [1.165, 1.54) is 6.07 Å². The lowest BCUT2D eigenvalue weighted by molar-refractivity contribution is 0.431. The third-order valence-electron chi connectivity index (χ3n) is 3.04. The van der Waals surface area contributed by atoms with E-state index in [2.05, 4.69) is 15.9 Å². The molecule has 0 aliphatic heterocycles. The van der Waals surface area contributed by atoms with Crippen LogP contribution >= 0.6 is 27.5 Å². The molecule has 0 unspecified atom stereocenters. The molecule has 1 aromatic rings. The Morgan fingerprint density at radius 2 is 1.93 bits per heavy atom. The summed E-state index contributed by atoms with van der Waals surface area (Å²) in [7, 11) is 0. The van der Waals surface area contributed by atoms with Crippen LogP contribution in [0.25, 0.3) is 0 Å². The van der Waals surface area contributed by atoms with Crippen LogP contribution in [0.3, 0.4) is 0 Å². The highest BCUT2D eigenvalue weighted by Crippen LogP contribution is 2.42. The van der Waals surface area contributed by atoms with Gasteiger partial charge in [0.25, 0.3) is 0 Å². The molecule has 0 bridgehead atoms. The van der Waals surface area contributed by atoms with Crippen LogP contribution in [-0.2, 0) is 5.54 Å². The quantitative estimate of drug-likeness (QED) is 0.779. The first-order valence-corrected chi connectivity index (χ1v) is 6.14. The second-order valence-electron chi connectivity index (χ2n) is 4.08. The molecule has 0 saturated heterocycles. The van der Waals surface area contributed by atoms with Crippen molar-refractivity contribution in [3.05, 3.63) is 33.0 Å². The van der Waals surface area contributed by atoms with E-state index in [1.807, 2.05) is 0 Å². The summed E-state index contributed by atoms with van der Waals surface area (Å²) < 4.78 is 14.4. The molecule has 1 saturated carbocycles. The Labute approximate surface area is 102 Å². The van der Waals surface area contributed by atoms with Gasteiger partial charge in [-0.1, -0.05) is 24.4 Å². The van der Waals surface area contributed by atoms with Crippen molar-refractivity contribution >= 4 is 27.5 Å². The van der Waals surface area contributed by atoms with Crippen molar-refractivity contribution in [2.45, 2.75) is 31.2 Å². The van der Waals surface area contributed by atoms with Gasteiger partial charge in [0.2, 0.25) is 0 Å². The third-order valence-corrected chi connectivity index (χ3v) is 4.40. The maximum atomic E-state index is 13.8. The van der Waals surface area contributed by atoms with Crippen LogP contribution in [0.2, 0.25) is 5.02 Å². The molecular formula is C11H12BrClFN. The number of nitrogens with two attached hydrogens (primary N) is 1. The topological polar surface area (TPSA) is 26.0 Å². The molecule has 1 nitrogen and oxygen atoms in total. The van der Waals surface area contributed by atoms with Gasteiger partial charge in [0.15, 0.2) is 0 Å². The second kappa shape index (κ2) is 4.04. The summed E-state index contributed by atoms with van der Waals surface area (Å²) >= 11 is 9.28. The van der Waals surface area contributed by atoms with E-state index in [1.54, 1.807) is 6.07 Å². The Hall–Kier alpha value is -0.120. The summed E-state index contributed by atoms with van der Waals surface area (Å²) in [5.41, 5.74) is 6.21. The maximum Gasteiger partial charge on any atom is 0.129 e. The van der Waals surface area contributed by atoms with Crippen molar-refractivity contribution in [2.24, 2.45) is 5.73 Å². The zero-order valence-electron chi connectivity index (χ0n) is 8.19. The average Bonchev–Trinajstić information content (AvgIpc) is 2.60. The Balaban J connectivity index is 2.55. The predicted molar refractivity (Wildman–Crippen MR) is 63.4 cm³/mol. The van der Waals surface area contributed by atoms with Crippen molar-refractivity contribution in [3.63, 3.8) is 0 Å². The summed E-state index contributed by atoms with van der Waals surface area (Å²) in [5.74, 6) is -0.268. The number of hydrogen-bond acceptors (Lipinski definition) is 1. The van der Waals surface area contributed by atoms with Gasteiger partial charge in [-0.3, -0.25) is 0 Å². The van der Waals surface area contributed by atoms with Gasteiger partial charge in [-0.05, 0) is 40.9 Å². The zero-order chi connectivity index (χ0) is 11.1. The molecule has 0 amide bonds. The van der Waals surface area contributed by atoms with Crippen LogP contribution in [0.15, 0.2) is 16.6 Å². The van der Waals surface area contributed by atoms with E-state index < -0.39 is 5.54 Å². The first-order chi connectivity index (χ1) is 7.04. The van der Waals surface area contributed by atoms with Gasteiger partial charge < -0.3 is 5.73 Å². The molecule has 0 aromatic heterocycles. The molecule has 1 aliphatic carbocycles. The van der Waals surface area contributed by atoms with Gasteiger partial charge in [-0.2, -0.15) is 0 Å². The minimum Gasteiger partial charge on any atom is -0.321 e. The lowest BCUT2D eigenvalue weighted by atomic mass is 9.89. The van der Waals surface area contributed by atoms with E-state index in [9.17, 15) is 4.39 Å². The van der Waals surface area contributed by atoms with Crippen LogP contribution < -0.4 is 5.73 Å². The van der Waals surface area contributed by atoms with Crippen LogP contribution in [0.1, 0.15) is 31.2 Å². The molecule has 1 aliphatic rings. The van der Waals surface area contributed by atoms with E-state index >= 15 is 0 Å². The maximum absolute atomic E-state index is 13.8. The monoisotopic (exact) mass is 291 g/mol. The third kappa shape index (κ3) is 1.93. The average molecular weight is 293 g/mol. The predicted octanol–water partition coefficient (Wildman–Crippen LogP) is 3.97. The van der Waals surface area contributed by atoms with Gasteiger partial charge in [0.1, 0.15) is 5.82 Å². The molecule has 0 radical (unpaired) electrons. The van der Waals surface area contributed by atoms with Gasteiger partial charge >= 0.3 is 0 Å². The van der Waals surface area contributed by atoms with Crippen LogP contribution in [-0.4, -0.2) is 0 Å². The fourth-order valence-electron chi connectivity index (χ4n) is 2.24. The van der Waals surface area contributed by atoms with Gasteiger partial charge in [0.05, 0.1) is 5.02 Å². The highest BCUT2D eigenvalue weighted by atomic mass is 79.9. The minimum absolute atomic E-state index is 0.268. The first-order valence-electron chi connectivity index (χ1n) is 4.97. The molecule has 1 fully saturated rings. The molecule has 0 atom stereocenters. The highest BCUT2D eigenvalue weighted by Gasteiger charge is 2.35. The van der Waals surface area contributed by atoms with E-state index in [4.69, 9.17) is 17.3 Å². The lowest BCUT2D eigenvalue weighted by Crippen LogP contribution is -2.34. The molecule has 1 aromatic carbocycles. The normalized spacial score (nSPS) is 19.5. The van der Waals surface area contributed by atoms with E-state index in [-0.39, 0.29) is 5.82 Å². The van der Waals surface area contributed by atoms with Crippen LogP contribution in [0.4, 0.5) is 4.39 Å². The zero-order valence-corrected chi connectivity index (χ0v) is 10.5. The van der Waals surface area contributed by atoms with Crippen molar-refractivity contribution < 1.29 is 4.39 Å². The lowest BCUT2D eigenvalue weighted by Gasteiger charge is -2.26. The second-order valence-corrected chi connectivity index (χ2v) is 5.28. The SMILES string of the molecule is NC1(c2c(F)ccc(Cl)c2Br)CCCC1. The molecule has 2 rings (SSSR count). The van der Waals surface area contributed by atoms with E-state index in [0.717, 1.165) is 25.7 Å². The number of halogens is 3. The molecule has 0 heterocycles. The number of hydrogen-bond donors (Lipinski definition) is 1. The Bertz CT molecular complexity index is 388. The fraction of sp³-hybridized carbons (Fsp3) is 0.455. The standard InChI is InChI=1S/C11H12BrClFN/c12-10-7(13)3-4-8(14)9(10)11(15)5-1-2-6-11/h3-4H,1-2,5-6,15H2. The minimum atomic E-state index is -0.548. The van der Waals surface area contributed by atoms with Crippen molar-refractivity contribution in [3.8, 4) is 0 Å². The van der Waals surface area contributed by atoms with Crippen molar-refractivity contribution in [2.75, 3.05) is 0 Å². The molecule has 2 N–H and O–H groups in total. The molecule has 4 heteroatoms. The van der Waals surface area contributed by atoms with Crippen LogP contribution in [0, 0.1) is 5.82 Å². The largest absolute Gasteiger partial charge is 0.321 e. The summed E-state index contributed by atoms with van der Waals surface area (Å²) in [6, 6.07) is 2.93. The Kier molecular flexibility index (Phi) is 3.06. The van der Waals surface area contributed by atoms with Gasteiger partial charge in [-0.15, -0.1) is 0 Å². The number of rotatable bonds is 1. The van der Waals surface area contributed by atoms with E-state index in [0.29, 0.717) is 15.1 Å². The van der Waals surface area contributed by atoms with Crippen LogP contribution in [0.5, 0.6) is 0 Å². The number of benzene rings is 1. The first kappa shape index (κ1) is 11.4. The van der Waals surface area contributed by atoms with Gasteiger partial charge in [-0.25, -0.2) is 4.39 Å².